The van der Waals surface area contributed by atoms with Gasteiger partial charge in [0.1, 0.15) is 11.4 Å². The number of fused-ring (bicyclic) bond motifs is 4. The summed E-state index contributed by atoms with van der Waals surface area (Å²) in [5.41, 5.74) is 10.6. The van der Waals surface area contributed by atoms with Crippen LogP contribution in [0.3, 0.4) is 0 Å². The monoisotopic (exact) mass is 436 g/mol. The van der Waals surface area contributed by atoms with Gasteiger partial charge in [-0.3, -0.25) is 0 Å². The van der Waals surface area contributed by atoms with Gasteiger partial charge in [0.2, 0.25) is 11.7 Å². The van der Waals surface area contributed by atoms with E-state index in [1.54, 1.807) is 18.2 Å². The highest BCUT2D eigenvalue weighted by Crippen LogP contribution is 2.56. The molecule has 2 N–H and O–H groups in total. The molecule has 164 valence electrons. The van der Waals surface area contributed by atoms with E-state index >= 15 is 0 Å². The molecule has 6 heteroatoms. The lowest BCUT2D eigenvalue weighted by Gasteiger charge is -2.47. The van der Waals surface area contributed by atoms with Crippen molar-refractivity contribution in [3.8, 4) is 22.9 Å². The number of ether oxygens (including phenoxy) is 1. The van der Waals surface area contributed by atoms with Crippen molar-refractivity contribution < 1.29 is 9.57 Å². The first kappa shape index (κ1) is 19.8. The van der Waals surface area contributed by atoms with E-state index in [1.165, 1.54) is 11.1 Å². The first-order valence-electron chi connectivity index (χ1n) is 11.2. The Balaban J connectivity index is 1.53. The number of rotatable bonds is 1. The quantitative estimate of drug-likeness (QED) is 0.603. The van der Waals surface area contributed by atoms with Crippen LogP contribution in [0.2, 0.25) is 0 Å². The van der Waals surface area contributed by atoms with Crippen molar-refractivity contribution in [3.63, 3.8) is 0 Å². The summed E-state index contributed by atoms with van der Waals surface area (Å²) < 4.78 is 6.82. The Kier molecular flexibility index (Phi) is 4.26. The maximum atomic E-state index is 9.32. The third kappa shape index (κ3) is 3.00. The molecule has 0 radical (unpaired) electrons. The van der Waals surface area contributed by atoms with Crippen LogP contribution >= 0.6 is 0 Å². The van der Waals surface area contributed by atoms with Crippen LogP contribution < -0.4 is 10.5 Å². The molecule has 0 saturated carbocycles. The van der Waals surface area contributed by atoms with E-state index in [2.05, 4.69) is 36.4 Å². The minimum Gasteiger partial charge on any atom is -0.482 e. The van der Waals surface area contributed by atoms with Gasteiger partial charge >= 0.3 is 0 Å². The standard InChI is InChI=1S/C27H24N4O2/c1-31-25(29)30-27(33-31)17-26(13-5-9-19-7-2-3-10-22(19)26)32-24-12-11-21(15-23(24)27)20-8-4-6-18(14-20)16-28/h2-4,6-8,10-12,14-15H,5,9,13,17H2,1H3,(H2,29,30). The summed E-state index contributed by atoms with van der Waals surface area (Å²) in [6.07, 6.45) is 3.51. The van der Waals surface area contributed by atoms with E-state index in [0.717, 1.165) is 41.7 Å². The van der Waals surface area contributed by atoms with Crippen molar-refractivity contribution in [3.05, 3.63) is 89.0 Å². The van der Waals surface area contributed by atoms with E-state index in [0.29, 0.717) is 17.9 Å². The molecule has 0 bridgehead atoms. The first-order valence-corrected chi connectivity index (χ1v) is 11.2. The molecule has 1 aliphatic carbocycles. The van der Waals surface area contributed by atoms with Crippen molar-refractivity contribution in [2.24, 2.45) is 10.7 Å². The van der Waals surface area contributed by atoms with E-state index < -0.39 is 11.3 Å². The van der Waals surface area contributed by atoms with Gasteiger partial charge in [0.25, 0.3) is 0 Å². The number of guanidine groups is 1. The zero-order valence-electron chi connectivity index (χ0n) is 18.4. The molecule has 0 amide bonds. The van der Waals surface area contributed by atoms with Crippen LogP contribution in [0, 0.1) is 11.3 Å². The summed E-state index contributed by atoms with van der Waals surface area (Å²) >= 11 is 0. The van der Waals surface area contributed by atoms with E-state index in [1.807, 2.05) is 30.3 Å². The average molecular weight is 437 g/mol. The second kappa shape index (κ2) is 7.09. The maximum Gasteiger partial charge on any atom is 0.222 e. The summed E-state index contributed by atoms with van der Waals surface area (Å²) in [5, 5.41) is 10.9. The predicted octanol–water partition coefficient (Wildman–Crippen LogP) is 4.58. The molecule has 6 rings (SSSR count). The molecule has 6 nitrogen and oxygen atoms in total. The van der Waals surface area contributed by atoms with Crippen LogP contribution in [0.25, 0.3) is 11.1 Å². The van der Waals surface area contributed by atoms with Crippen LogP contribution in [0.5, 0.6) is 5.75 Å². The Morgan fingerprint density at radius 3 is 2.70 bits per heavy atom. The lowest BCUT2D eigenvalue weighted by molar-refractivity contribution is -0.207. The van der Waals surface area contributed by atoms with Crippen molar-refractivity contribution in [1.29, 1.82) is 5.26 Å². The van der Waals surface area contributed by atoms with Gasteiger partial charge < -0.3 is 10.5 Å². The fourth-order valence-corrected chi connectivity index (χ4v) is 5.50. The average Bonchev–Trinajstić information content (AvgIpc) is 3.12. The molecule has 2 aliphatic heterocycles. The van der Waals surface area contributed by atoms with Gasteiger partial charge in [-0.1, -0.05) is 42.5 Å². The lowest BCUT2D eigenvalue weighted by atomic mass is 9.72. The number of hydrogen-bond donors (Lipinski definition) is 1. The minimum atomic E-state index is -0.973. The summed E-state index contributed by atoms with van der Waals surface area (Å²) in [7, 11) is 1.78. The second-order valence-electron chi connectivity index (χ2n) is 9.03. The Morgan fingerprint density at radius 2 is 1.88 bits per heavy atom. The fraction of sp³-hybridized carbons (Fsp3) is 0.259. The molecule has 2 unspecified atom stereocenters. The lowest BCUT2D eigenvalue weighted by Crippen LogP contribution is -2.48. The highest BCUT2D eigenvalue weighted by molar-refractivity contribution is 5.79. The number of nitrogens with two attached hydrogens (primary N) is 1. The Bertz CT molecular complexity index is 1340. The number of aryl methyl sites for hydroxylation is 1. The zero-order valence-corrected chi connectivity index (χ0v) is 18.4. The van der Waals surface area contributed by atoms with Gasteiger partial charge in [0, 0.05) is 13.5 Å². The smallest absolute Gasteiger partial charge is 0.222 e. The molecule has 33 heavy (non-hydrogen) atoms. The predicted molar refractivity (Wildman–Crippen MR) is 125 cm³/mol. The normalized spacial score (nSPS) is 25.2. The van der Waals surface area contributed by atoms with Gasteiger partial charge in [0.05, 0.1) is 17.2 Å². The van der Waals surface area contributed by atoms with Crippen LogP contribution in [-0.4, -0.2) is 18.1 Å². The highest BCUT2D eigenvalue weighted by Gasteiger charge is 2.56. The molecule has 0 saturated heterocycles. The first-order chi connectivity index (χ1) is 16.0. The second-order valence-corrected chi connectivity index (χ2v) is 9.03. The SMILES string of the molecule is CN1OC2(CC3(CCCc4ccccc43)Oc3ccc(-c4cccc(C#N)c4)cc32)N=C1N. The molecule has 2 atom stereocenters. The van der Waals surface area contributed by atoms with Crippen molar-refractivity contribution in [1.82, 2.24) is 5.06 Å². The third-order valence-electron chi connectivity index (χ3n) is 7.00. The number of hydroxylamine groups is 2. The number of aliphatic imine (C=N–C) groups is 1. The van der Waals surface area contributed by atoms with E-state index in [-0.39, 0.29) is 0 Å². The van der Waals surface area contributed by atoms with Crippen LogP contribution in [-0.2, 0) is 22.6 Å². The van der Waals surface area contributed by atoms with Gasteiger partial charge in [-0.2, -0.15) is 5.26 Å². The molecule has 2 heterocycles. The summed E-state index contributed by atoms with van der Waals surface area (Å²) in [6, 6.07) is 24.4. The topological polar surface area (TPSA) is 83.9 Å². The molecule has 0 fully saturated rings. The Hall–Kier alpha value is -3.82. The number of nitriles is 1. The van der Waals surface area contributed by atoms with Crippen LogP contribution in [0.15, 0.2) is 71.7 Å². The molecule has 0 aromatic heterocycles. The van der Waals surface area contributed by atoms with Crippen LogP contribution in [0.1, 0.15) is 41.5 Å². The van der Waals surface area contributed by atoms with Crippen molar-refractivity contribution >= 4 is 5.96 Å². The Morgan fingerprint density at radius 1 is 1.03 bits per heavy atom. The molecule has 3 aromatic rings. The zero-order chi connectivity index (χ0) is 22.6. The van der Waals surface area contributed by atoms with Gasteiger partial charge in [-0.05, 0) is 65.8 Å². The number of nitrogens with zero attached hydrogens (tertiary/aromatic N) is 3. The largest absolute Gasteiger partial charge is 0.482 e. The summed E-state index contributed by atoms with van der Waals surface area (Å²) in [4.78, 5) is 11.2. The van der Waals surface area contributed by atoms with Crippen LogP contribution in [0.4, 0.5) is 0 Å². The molecular weight excluding hydrogens is 412 g/mol. The molecular formula is C27H24N4O2. The minimum absolute atomic E-state index is 0.346. The van der Waals surface area contributed by atoms with Gasteiger partial charge in [-0.25, -0.2) is 14.9 Å². The van der Waals surface area contributed by atoms with Crippen molar-refractivity contribution in [2.75, 3.05) is 7.05 Å². The third-order valence-corrected chi connectivity index (χ3v) is 7.00. The van der Waals surface area contributed by atoms with Gasteiger partial charge in [-0.15, -0.1) is 0 Å². The maximum absolute atomic E-state index is 9.32. The van der Waals surface area contributed by atoms with Crippen molar-refractivity contribution in [2.45, 2.75) is 37.0 Å². The molecule has 3 aliphatic rings. The highest BCUT2D eigenvalue weighted by atomic mass is 16.7. The Labute approximate surface area is 192 Å². The van der Waals surface area contributed by atoms with E-state index in [9.17, 15) is 5.26 Å². The van der Waals surface area contributed by atoms with E-state index in [4.69, 9.17) is 20.3 Å². The number of benzene rings is 3. The summed E-state index contributed by atoms with van der Waals surface area (Å²) in [6.45, 7) is 0. The molecule has 3 aromatic carbocycles. The molecule has 2 spiro atoms. The fourth-order valence-electron chi connectivity index (χ4n) is 5.50. The summed E-state index contributed by atoms with van der Waals surface area (Å²) in [5.74, 6) is 1.10. The van der Waals surface area contributed by atoms with Gasteiger partial charge in [0.15, 0.2) is 0 Å². The number of hydrogen-bond acceptors (Lipinski definition) is 6.